The van der Waals surface area contributed by atoms with Crippen molar-refractivity contribution in [3.63, 3.8) is 0 Å². The van der Waals surface area contributed by atoms with Gasteiger partial charge in [0, 0.05) is 50.5 Å². The first-order chi connectivity index (χ1) is 14.6. The van der Waals surface area contributed by atoms with Gasteiger partial charge in [-0.15, -0.1) is 0 Å². The van der Waals surface area contributed by atoms with Crippen molar-refractivity contribution in [2.24, 2.45) is 0 Å². The lowest BCUT2D eigenvalue weighted by Gasteiger charge is -2.38. The largest absolute Gasteiger partial charge is 0.368 e. The van der Waals surface area contributed by atoms with Gasteiger partial charge < -0.3 is 20.0 Å². The number of piperazine rings is 2. The van der Waals surface area contributed by atoms with Crippen LogP contribution in [0.25, 0.3) is 0 Å². The molecule has 4 rings (SSSR count). The molecule has 0 aliphatic carbocycles. The fourth-order valence-corrected chi connectivity index (χ4v) is 4.05. The molecule has 7 nitrogen and oxygen atoms in total. The van der Waals surface area contributed by atoms with Gasteiger partial charge in [-0.2, -0.15) is 0 Å². The number of hydrogen-bond donors (Lipinski definition) is 1. The lowest BCUT2D eigenvalue weighted by atomic mass is 10.1. The summed E-state index contributed by atoms with van der Waals surface area (Å²) < 4.78 is 0. The quantitative estimate of drug-likeness (QED) is 0.832. The van der Waals surface area contributed by atoms with E-state index in [1.807, 2.05) is 24.3 Å². The molecule has 2 aromatic rings. The number of carbonyl (C=O) groups excluding carboxylic acids is 3. The van der Waals surface area contributed by atoms with Crippen LogP contribution in [0.5, 0.6) is 0 Å². The van der Waals surface area contributed by atoms with E-state index in [1.165, 1.54) is 4.90 Å². The van der Waals surface area contributed by atoms with Crippen LogP contribution in [0.1, 0.15) is 16.8 Å². The average Bonchev–Trinajstić information content (AvgIpc) is 2.81. The molecule has 0 radical (unpaired) electrons. The molecule has 2 aliphatic rings. The summed E-state index contributed by atoms with van der Waals surface area (Å²) >= 11 is 0. The number of para-hydroxylation sites is 1. The van der Waals surface area contributed by atoms with Gasteiger partial charge in [-0.25, -0.2) is 0 Å². The van der Waals surface area contributed by atoms with E-state index in [-0.39, 0.29) is 24.1 Å². The number of anilines is 1. The Morgan fingerprint density at radius 3 is 2.17 bits per heavy atom. The third-order valence-electron chi connectivity index (χ3n) is 5.73. The lowest BCUT2D eigenvalue weighted by molar-refractivity contribution is -0.138. The molecule has 1 N–H and O–H groups in total. The minimum absolute atomic E-state index is 0.00967. The van der Waals surface area contributed by atoms with E-state index < -0.39 is 6.04 Å². The first-order valence-electron chi connectivity index (χ1n) is 10.3. The van der Waals surface area contributed by atoms with E-state index in [0.717, 1.165) is 18.8 Å². The minimum Gasteiger partial charge on any atom is -0.368 e. The predicted octanol–water partition coefficient (Wildman–Crippen LogP) is 1.37. The van der Waals surface area contributed by atoms with Gasteiger partial charge >= 0.3 is 0 Å². The van der Waals surface area contributed by atoms with E-state index >= 15 is 0 Å². The molecule has 2 aliphatic heterocycles. The first-order valence-corrected chi connectivity index (χ1v) is 10.3. The number of carbonyl (C=O) groups is 3. The third kappa shape index (κ3) is 4.30. The number of rotatable bonds is 4. The highest BCUT2D eigenvalue weighted by molar-refractivity contribution is 5.99. The maximum atomic E-state index is 12.9. The normalized spacial score (nSPS) is 19.4. The molecule has 3 amide bonds. The molecule has 2 fully saturated rings. The summed E-state index contributed by atoms with van der Waals surface area (Å²) in [7, 11) is 0. The summed E-state index contributed by atoms with van der Waals surface area (Å²) in [6.07, 6.45) is 0.00967. The van der Waals surface area contributed by atoms with E-state index in [1.54, 1.807) is 29.2 Å². The van der Waals surface area contributed by atoms with Crippen molar-refractivity contribution in [2.45, 2.75) is 12.5 Å². The topological polar surface area (TPSA) is 73.0 Å². The van der Waals surface area contributed by atoms with Gasteiger partial charge in [0.25, 0.3) is 5.91 Å². The Morgan fingerprint density at radius 1 is 0.867 bits per heavy atom. The second-order valence-electron chi connectivity index (χ2n) is 7.58. The minimum atomic E-state index is -0.772. The number of hydrogen-bond acceptors (Lipinski definition) is 4. The van der Waals surface area contributed by atoms with Gasteiger partial charge in [0.15, 0.2) is 0 Å². The summed E-state index contributed by atoms with van der Waals surface area (Å²) in [6.45, 7) is 3.51. The molecule has 156 valence electrons. The van der Waals surface area contributed by atoms with E-state index in [4.69, 9.17) is 0 Å². The van der Waals surface area contributed by atoms with Crippen molar-refractivity contribution in [1.29, 1.82) is 0 Å². The standard InChI is InChI=1S/C23H26N4O3/c28-21(26-15-13-25(14-16-26)19-9-5-2-6-10-19)17-20-22(29)24-11-12-27(20)23(30)18-7-3-1-4-8-18/h1-10,20H,11-17H2,(H,24,29)/t20-/m1/s1. The Balaban J connectivity index is 1.39. The summed E-state index contributed by atoms with van der Waals surface area (Å²) in [6, 6.07) is 18.3. The molecule has 0 bridgehead atoms. The Hall–Kier alpha value is -3.35. The third-order valence-corrected chi connectivity index (χ3v) is 5.73. The summed E-state index contributed by atoms with van der Waals surface area (Å²) in [5.41, 5.74) is 1.68. The van der Waals surface area contributed by atoms with Crippen LogP contribution in [0.15, 0.2) is 60.7 Å². The van der Waals surface area contributed by atoms with Gasteiger partial charge in [0.1, 0.15) is 6.04 Å². The highest BCUT2D eigenvalue weighted by Crippen LogP contribution is 2.18. The van der Waals surface area contributed by atoms with Gasteiger partial charge in [0.05, 0.1) is 6.42 Å². The van der Waals surface area contributed by atoms with Gasteiger partial charge in [-0.3, -0.25) is 14.4 Å². The molecule has 0 unspecified atom stereocenters. The van der Waals surface area contributed by atoms with Crippen LogP contribution in [0.2, 0.25) is 0 Å². The average molecular weight is 406 g/mol. The second-order valence-corrected chi connectivity index (χ2v) is 7.58. The lowest BCUT2D eigenvalue weighted by Crippen LogP contribution is -2.59. The van der Waals surface area contributed by atoms with Crippen molar-refractivity contribution in [3.05, 3.63) is 66.2 Å². The van der Waals surface area contributed by atoms with Crippen LogP contribution in [-0.4, -0.2) is 72.8 Å². The summed E-state index contributed by atoms with van der Waals surface area (Å²) in [4.78, 5) is 44.0. The summed E-state index contributed by atoms with van der Waals surface area (Å²) in [5.74, 6) is -0.561. The fourth-order valence-electron chi connectivity index (χ4n) is 4.05. The molecule has 30 heavy (non-hydrogen) atoms. The van der Waals surface area contributed by atoms with Crippen LogP contribution < -0.4 is 10.2 Å². The molecule has 2 heterocycles. The highest BCUT2D eigenvalue weighted by atomic mass is 16.2. The number of benzene rings is 2. The van der Waals surface area contributed by atoms with E-state index in [0.29, 0.717) is 31.7 Å². The maximum Gasteiger partial charge on any atom is 0.254 e. The van der Waals surface area contributed by atoms with Crippen LogP contribution in [-0.2, 0) is 9.59 Å². The van der Waals surface area contributed by atoms with E-state index in [9.17, 15) is 14.4 Å². The molecule has 2 saturated heterocycles. The van der Waals surface area contributed by atoms with Gasteiger partial charge in [0.2, 0.25) is 11.8 Å². The molecule has 7 heteroatoms. The van der Waals surface area contributed by atoms with Gasteiger partial charge in [-0.05, 0) is 24.3 Å². The zero-order valence-corrected chi connectivity index (χ0v) is 16.9. The van der Waals surface area contributed by atoms with Crippen molar-refractivity contribution in [1.82, 2.24) is 15.1 Å². The molecule has 0 spiro atoms. The second kappa shape index (κ2) is 8.98. The molecular formula is C23H26N4O3. The van der Waals surface area contributed by atoms with Crippen molar-refractivity contribution >= 4 is 23.4 Å². The van der Waals surface area contributed by atoms with Crippen molar-refractivity contribution < 1.29 is 14.4 Å². The number of amides is 3. The molecule has 2 aromatic carbocycles. The maximum absolute atomic E-state index is 12.9. The zero-order chi connectivity index (χ0) is 20.9. The predicted molar refractivity (Wildman–Crippen MR) is 114 cm³/mol. The fraction of sp³-hybridized carbons (Fsp3) is 0.348. The van der Waals surface area contributed by atoms with Crippen LogP contribution in [0.3, 0.4) is 0 Å². The van der Waals surface area contributed by atoms with Gasteiger partial charge in [-0.1, -0.05) is 36.4 Å². The highest BCUT2D eigenvalue weighted by Gasteiger charge is 2.36. The number of nitrogens with one attached hydrogen (secondary N) is 1. The van der Waals surface area contributed by atoms with Crippen molar-refractivity contribution in [3.8, 4) is 0 Å². The number of nitrogens with zero attached hydrogens (tertiary/aromatic N) is 3. The van der Waals surface area contributed by atoms with Crippen LogP contribution in [0.4, 0.5) is 5.69 Å². The molecular weight excluding hydrogens is 380 g/mol. The molecule has 1 atom stereocenters. The Kier molecular flexibility index (Phi) is 5.97. The zero-order valence-electron chi connectivity index (χ0n) is 16.9. The van der Waals surface area contributed by atoms with Crippen LogP contribution in [0, 0.1) is 0 Å². The van der Waals surface area contributed by atoms with E-state index in [2.05, 4.69) is 22.3 Å². The molecule has 0 aromatic heterocycles. The Bertz CT molecular complexity index is 895. The monoisotopic (exact) mass is 406 g/mol. The first kappa shape index (κ1) is 19.9. The Morgan fingerprint density at radius 2 is 1.50 bits per heavy atom. The SMILES string of the molecule is O=C1NCCN(C(=O)c2ccccc2)[C@@H]1CC(=O)N1CCN(c2ccccc2)CC1. The molecule has 0 saturated carbocycles. The van der Waals surface area contributed by atoms with Crippen molar-refractivity contribution in [2.75, 3.05) is 44.2 Å². The summed E-state index contributed by atoms with van der Waals surface area (Å²) in [5, 5.41) is 2.79. The van der Waals surface area contributed by atoms with Crippen LogP contribution >= 0.6 is 0 Å². The smallest absolute Gasteiger partial charge is 0.254 e. The Labute approximate surface area is 176 Å².